The van der Waals surface area contributed by atoms with Crippen molar-refractivity contribution < 1.29 is 9.21 Å². The molecule has 1 fully saturated rings. The number of carbonyl (C=O) groups excluding carboxylic acids is 1. The van der Waals surface area contributed by atoms with E-state index >= 15 is 0 Å². The number of likely N-dealkylation sites (tertiary alicyclic amines) is 1. The highest BCUT2D eigenvalue weighted by molar-refractivity contribution is 5.92. The number of nitrogens with one attached hydrogen (secondary N) is 2. The number of aryl methyl sites for hydroxylation is 1. The Hall–Kier alpha value is -2.93. The van der Waals surface area contributed by atoms with Gasteiger partial charge in [-0.15, -0.1) is 0 Å². The van der Waals surface area contributed by atoms with Gasteiger partial charge < -0.3 is 14.7 Å². The number of nitrogens with zero attached hydrogens (tertiary/aromatic N) is 3. The van der Waals surface area contributed by atoms with E-state index in [0.29, 0.717) is 11.6 Å². The highest BCUT2D eigenvalue weighted by atomic mass is 16.3. The van der Waals surface area contributed by atoms with Crippen LogP contribution in [0.3, 0.4) is 0 Å². The van der Waals surface area contributed by atoms with E-state index in [0.717, 1.165) is 49.6 Å². The lowest BCUT2D eigenvalue weighted by Crippen LogP contribution is -2.44. The average molecular weight is 365 g/mol. The molecule has 3 heterocycles. The van der Waals surface area contributed by atoms with E-state index in [1.807, 2.05) is 37.3 Å². The van der Waals surface area contributed by atoms with Gasteiger partial charge in [0.25, 0.3) is 5.91 Å². The molecule has 2 N–H and O–H groups in total. The van der Waals surface area contributed by atoms with Crippen LogP contribution in [0.2, 0.25) is 0 Å². The Morgan fingerprint density at radius 3 is 2.78 bits per heavy atom. The van der Waals surface area contributed by atoms with Crippen molar-refractivity contribution >= 4 is 5.91 Å². The highest BCUT2D eigenvalue weighted by Gasteiger charge is 2.22. The lowest BCUT2D eigenvalue weighted by Gasteiger charge is -2.31. The van der Waals surface area contributed by atoms with Crippen LogP contribution >= 0.6 is 0 Å². The summed E-state index contributed by atoms with van der Waals surface area (Å²) in [5.41, 5.74) is 2.44. The first-order valence-electron chi connectivity index (χ1n) is 9.22. The number of imidazole rings is 1. The summed E-state index contributed by atoms with van der Waals surface area (Å²) in [5, 5.41) is 3.09. The maximum absolute atomic E-state index is 12.2. The summed E-state index contributed by atoms with van der Waals surface area (Å²) in [7, 11) is 0. The van der Waals surface area contributed by atoms with E-state index in [-0.39, 0.29) is 11.9 Å². The molecule has 0 spiro atoms. The molecule has 140 valence electrons. The zero-order valence-corrected chi connectivity index (χ0v) is 15.3. The summed E-state index contributed by atoms with van der Waals surface area (Å²) < 4.78 is 5.61. The molecule has 1 aliphatic heterocycles. The van der Waals surface area contributed by atoms with Crippen molar-refractivity contribution in [2.75, 3.05) is 13.1 Å². The fraction of sp³-hybridized carbons (Fsp3) is 0.350. The predicted octanol–water partition coefficient (Wildman–Crippen LogP) is 2.77. The zero-order chi connectivity index (χ0) is 18.6. The second-order valence-electron chi connectivity index (χ2n) is 6.92. The number of carbonyl (C=O) groups is 1. The van der Waals surface area contributed by atoms with Crippen molar-refractivity contribution in [3.63, 3.8) is 0 Å². The fourth-order valence-corrected chi connectivity index (χ4v) is 3.36. The van der Waals surface area contributed by atoms with Crippen molar-refractivity contribution in [1.82, 2.24) is 25.2 Å². The Kier molecular flexibility index (Phi) is 5.02. The number of rotatable bonds is 5. The Morgan fingerprint density at radius 2 is 2.07 bits per heavy atom. The SMILES string of the molecule is Cc1ncc(C(=O)NC2CCN(Cc3coc(-c4ccccc4)n3)CC2)[nH]1. The standard InChI is InChI=1S/C20H23N5O2/c1-14-21-11-18(22-14)19(26)23-16-7-9-25(10-8-16)12-17-13-27-20(24-17)15-5-3-2-4-6-15/h2-6,11,13,16H,7-10,12H2,1H3,(H,21,22)(H,23,26). The summed E-state index contributed by atoms with van der Waals surface area (Å²) in [4.78, 5) is 26.2. The second-order valence-corrected chi connectivity index (χ2v) is 6.92. The van der Waals surface area contributed by atoms with Crippen molar-refractivity contribution in [1.29, 1.82) is 0 Å². The molecular formula is C20H23N5O2. The normalized spacial score (nSPS) is 15.7. The molecule has 1 aromatic carbocycles. The molecule has 0 bridgehead atoms. The summed E-state index contributed by atoms with van der Waals surface area (Å²) in [5.74, 6) is 1.32. The molecule has 1 aliphatic rings. The number of aromatic nitrogens is 3. The van der Waals surface area contributed by atoms with Gasteiger partial charge in [-0.2, -0.15) is 0 Å². The van der Waals surface area contributed by atoms with Crippen LogP contribution in [0, 0.1) is 6.92 Å². The molecule has 1 amide bonds. The van der Waals surface area contributed by atoms with Crippen LogP contribution in [0.15, 0.2) is 47.2 Å². The van der Waals surface area contributed by atoms with Gasteiger partial charge in [-0.3, -0.25) is 9.69 Å². The van der Waals surface area contributed by atoms with E-state index in [9.17, 15) is 4.79 Å². The average Bonchev–Trinajstić information content (AvgIpc) is 3.33. The summed E-state index contributed by atoms with van der Waals surface area (Å²) in [6.45, 7) is 4.43. The molecule has 1 saturated heterocycles. The van der Waals surface area contributed by atoms with Gasteiger partial charge in [-0.05, 0) is 31.9 Å². The highest BCUT2D eigenvalue weighted by Crippen LogP contribution is 2.20. The Balaban J connectivity index is 1.27. The molecular weight excluding hydrogens is 342 g/mol. The number of aromatic amines is 1. The first-order valence-corrected chi connectivity index (χ1v) is 9.22. The topological polar surface area (TPSA) is 87.1 Å². The molecule has 27 heavy (non-hydrogen) atoms. The Labute approximate surface area is 157 Å². The third kappa shape index (κ3) is 4.25. The molecule has 2 aromatic heterocycles. The van der Waals surface area contributed by atoms with Crippen molar-refractivity contribution in [3.05, 3.63) is 60.0 Å². The van der Waals surface area contributed by atoms with E-state index in [1.165, 1.54) is 0 Å². The van der Waals surface area contributed by atoms with Gasteiger partial charge in [-0.1, -0.05) is 18.2 Å². The minimum Gasteiger partial charge on any atom is -0.444 e. The second kappa shape index (κ2) is 7.75. The molecule has 7 heteroatoms. The number of oxazole rings is 1. The number of piperidine rings is 1. The number of hydrogen-bond donors (Lipinski definition) is 2. The van der Waals surface area contributed by atoms with Crippen molar-refractivity contribution in [3.8, 4) is 11.5 Å². The maximum atomic E-state index is 12.2. The van der Waals surface area contributed by atoms with Crippen LogP contribution in [0.25, 0.3) is 11.5 Å². The van der Waals surface area contributed by atoms with Gasteiger partial charge in [-0.25, -0.2) is 9.97 Å². The van der Waals surface area contributed by atoms with E-state index in [4.69, 9.17) is 4.42 Å². The summed E-state index contributed by atoms with van der Waals surface area (Å²) in [6.07, 6.45) is 5.15. The quantitative estimate of drug-likeness (QED) is 0.726. The predicted molar refractivity (Wildman–Crippen MR) is 101 cm³/mol. The van der Waals surface area contributed by atoms with Crippen LogP contribution in [-0.2, 0) is 6.54 Å². The first kappa shape index (κ1) is 17.5. The molecule has 0 atom stereocenters. The molecule has 0 unspecified atom stereocenters. The number of amides is 1. The number of H-pyrrole nitrogens is 1. The Morgan fingerprint density at radius 1 is 1.30 bits per heavy atom. The smallest absolute Gasteiger partial charge is 0.269 e. The monoisotopic (exact) mass is 365 g/mol. The molecule has 3 aromatic rings. The third-order valence-corrected chi connectivity index (χ3v) is 4.83. The Bertz CT molecular complexity index is 894. The molecule has 4 rings (SSSR count). The number of benzene rings is 1. The molecule has 7 nitrogen and oxygen atoms in total. The van der Waals surface area contributed by atoms with Crippen molar-refractivity contribution in [2.24, 2.45) is 0 Å². The van der Waals surface area contributed by atoms with Crippen LogP contribution in [0.1, 0.15) is 34.8 Å². The van der Waals surface area contributed by atoms with Crippen LogP contribution < -0.4 is 5.32 Å². The van der Waals surface area contributed by atoms with E-state index in [1.54, 1.807) is 12.5 Å². The fourth-order valence-electron chi connectivity index (χ4n) is 3.36. The van der Waals surface area contributed by atoms with Crippen LogP contribution in [0.4, 0.5) is 0 Å². The van der Waals surface area contributed by atoms with Gasteiger partial charge in [0, 0.05) is 31.2 Å². The van der Waals surface area contributed by atoms with Crippen LogP contribution in [0.5, 0.6) is 0 Å². The van der Waals surface area contributed by atoms with Gasteiger partial charge in [0.1, 0.15) is 17.8 Å². The van der Waals surface area contributed by atoms with E-state index in [2.05, 4.69) is 25.2 Å². The largest absolute Gasteiger partial charge is 0.444 e. The zero-order valence-electron chi connectivity index (χ0n) is 15.3. The minimum absolute atomic E-state index is 0.0851. The first-order chi connectivity index (χ1) is 13.2. The van der Waals surface area contributed by atoms with Crippen molar-refractivity contribution in [2.45, 2.75) is 32.4 Å². The lowest BCUT2D eigenvalue weighted by atomic mass is 10.0. The van der Waals surface area contributed by atoms with Crippen LogP contribution in [-0.4, -0.2) is 44.9 Å². The van der Waals surface area contributed by atoms with E-state index < -0.39 is 0 Å². The molecule has 0 aliphatic carbocycles. The third-order valence-electron chi connectivity index (χ3n) is 4.83. The lowest BCUT2D eigenvalue weighted by molar-refractivity contribution is 0.0904. The van der Waals surface area contributed by atoms with Gasteiger partial charge in [0.2, 0.25) is 5.89 Å². The minimum atomic E-state index is -0.0851. The molecule has 0 saturated carbocycles. The number of hydrogen-bond acceptors (Lipinski definition) is 5. The van der Waals surface area contributed by atoms with Gasteiger partial charge in [0.15, 0.2) is 0 Å². The summed E-state index contributed by atoms with van der Waals surface area (Å²) >= 11 is 0. The van der Waals surface area contributed by atoms with Gasteiger partial charge >= 0.3 is 0 Å². The maximum Gasteiger partial charge on any atom is 0.269 e. The van der Waals surface area contributed by atoms with Gasteiger partial charge in [0.05, 0.1) is 11.9 Å². The summed E-state index contributed by atoms with van der Waals surface area (Å²) in [6, 6.07) is 10.1. The molecule has 0 radical (unpaired) electrons.